The molecule has 2 rings (SSSR count). The number of hydrazine groups is 1. The minimum absolute atomic E-state index is 0.0599. The molecule has 2 amide bonds. The molecule has 2 N–H and O–H groups in total. The fraction of sp³-hybridized carbons (Fsp3) is 0.0625. The molecule has 0 unspecified atom stereocenters. The van der Waals surface area contributed by atoms with Crippen LogP contribution in [0.15, 0.2) is 54.6 Å². The Bertz CT molecular complexity index is 807. The third-order valence-corrected chi connectivity index (χ3v) is 2.98. The summed E-state index contributed by atoms with van der Waals surface area (Å²) in [6, 6.07) is 13.1. The van der Waals surface area contributed by atoms with E-state index < -0.39 is 29.3 Å². The molecule has 0 aromatic heterocycles. The zero-order valence-electron chi connectivity index (χ0n) is 12.8. The van der Waals surface area contributed by atoms with Crippen molar-refractivity contribution in [1.82, 2.24) is 10.9 Å². The molecule has 0 atom stereocenters. The second-order valence-corrected chi connectivity index (χ2v) is 4.75. The molecule has 0 bridgehead atoms. The quantitative estimate of drug-likeness (QED) is 0.477. The lowest BCUT2D eigenvalue weighted by Crippen LogP contribution is -2.43. The first kappa shape index (κ1) is 17.6. The minimum Gasteiger partial charge on any atom is -0.452 e. The summed E-state index contributed by atoms with van der Waals surface area (Å²) in [5.74, 6) is -2.18. The van der Waals surface area contributed by atoms with Crippen molar-refractivity contribution in [2.24, 2.45) is 0 Å². The van der Waals surface area contributed by atoms with Gasteiger partial charge >= 0.3 is 5.97 Å². The molecule has 0 aliphatic carbocycles. The number of amides is 2. The maximum atomic E-state index is 11.8. The highest BCUT2D eigenvalue weighted by Gasteiger charge is 2.14. The van der Waals surface area contributed by atoms with Crippen LogP contribution < -0.4 is 10.9 Å². The van der Waals surface area contributed by atoms with E-state index in [2.05, 4.69) is 10.9 Å². The zero-order chi connectivity index (χ0) is 18.2. The van der Waals surface area contributed by atoms with Gasteiger partial charge in [0, 0.05) is 17.7 Å². The third-order valence-electron chi connectivity index (χ3n) is 2.98. The van der Waals surface area contributed by atoms with Crippen molar-refractivity contribution in [3.63, 3.8) is 0 Å². The van der Waals surface area contributed by atoms with E-state index in [9.17, 15) is 24.5 Å². The highest BCUT2D eigenvalue weighted by Crippen LogP contribution is 2.13. The van der Waals surface area contributed by atoms with E-state index in [0.717, 1.165) is 6.07 Å². The Morgan fingerprint density at radius 3 is 2.32 bits per heavy atom. The number of carbonyl (C=O) groups excluding carboxylic acids is 3. The molecule has 0 spiro atoms. The number of nitrogens with one attached hydrogen (secondary N) is 2. The molecular formula is C16H13N3O6. The van der Waals surface area contributed by atoms with Gasteiger partial charge in [0.15, 0.2) is 6.61 Å². The number of ether oxygens (including phenoxy) is 1. The van der Waals surface area contributed by atoms with Gasteiger partial charge in [-0.2, -0.15) is 0 Å². The molecule has 0 saturated heterocycles. The number of nitrogens with zero attached hydrogens (tertiary/aromatic N) is 1. The summed E-state index contributed by atoms with van der Waals surface area (Å²) in [7, 11) is 0. The Balaban J connectivity index is 1.81. The van der Waals surface area contributed by atoms with Gasteiger partial charge in [0.25, 0.3) is 17.5 Å². The van der Waals surface area contributed by atoms with Crippen LogP contribution in [0, 0.1) is 10.1 Å². The van der Waals surface area contributed by atoms with E-state index in [0.29, 0.717) is 5.56 Å². The average Bonchev–Trinajstić information content (AvgIpc) is 2.64. The summed E-state index contributed by atoms with van der Waals surface area (Å²) >= 11 is 0. The van der Waals surface area contributed by atoms with E-state index in [4.69, 9.17) is 4.74 Å². The molecule has 0 radical (unpaired) electrons. The topological polar surface area (TPSA) is 128 Å². The van der Waals surface area contributed by atoms with Gasteiger partial charge in [-0.05, 0) is 18.2 Å². The molecule has 2 aromatic carbocycles. The fourth-order valence-corrected chi connectivity index (χ4v) is 1.79. The number of esters is 1. The number of hydrogen-bond acceptors (Lipinski definition) is 6. The van der Waals surface area contributed by atoms with Crippen LogP contribution in [0.3, 0.4) is 0 Å². The van der Waals surface area contributed by atoms with Crippen LogP contribution >= 0.6 is 0 Å². The lowest BCUT2D eigenvalue weighted by molar-refractivity contribution is -0.384. The van der Waals surface area contributed by atoms with E-state index in [1.165, 1.54) is 18.2 Å². The van der Waals surface area contributed by atoms with E-state index in [-0.39, 0.29) is 11.3 Å². The molecule has 9 nitrogen and oxygen atoms in total. The number of nitro groups is 1. The van der Waals surface area contributed by atoms with Crippen molar-refractivity contribution in [1.29, 1.82) is 0 Å². The number of carbonyl (C=O) groups is 3. The molecule has 0 heterocycles. The lowest BCUT2D eigenvalue weighted by atomic mass is 10.2. The Morgan fingerprint density at radius 1 is 0.960 bits per heavy atom. The summed E-state index contributed by atoms with van der Waals surface area (Å²) in [6.07, 6.45) is 0. The highest BCUT2D eigenvalue weighted by atomic mass is 16.6. The maximum Gasteiger partial charge on any atom is 0.338 e. The van der Waals surface area contributed by atoms with Crippen molar-refractivity contribution in [2.45, 2.75) is 0 Å². The molecule has 0 saturated carbocycles. The summed E-state index contributed by atoms with van der Waals surface area (Å²) in [5, 5.41) is 10.7. The van der Waals surface area contributed by atoms with Gasteiger partial charge in [-0.3, -0.25) is 30.6 Å². The zero-order valence-corrected chi connectivity index (χ0v) is 12.8. The van der Waals surface area contributed by atoms with Gasteiger partial charge in [0.05, 0.1) is 10.5 Å². The first-order valence-corrected chi connectivity index (χ1v) is 7.03. The maximum absolute atomic E-state index is 11.8. The monoisotopic (exact) mass is 343 g/mol. The SMILES string of the molecule is O=C(COC(=O)c1cccc([N+](=O)[O-])c1)NNC(=O)c1ccccc1. The minimum atomic E-state index is -0.895. The molecule has 2 aromatic rings. The number of rotatable bonds is 5. The second kappa shape index (κ2) is 8.20. The molecule has 9 heteroatoms. The largest absolute Gasteiger partial charge is 0.452 e. The van der Waals surface area contributed by atoms with Crippen molar-refractivity contribution >= 4 is 23.5 Å². The van der Waals surface area contributed by atoms with Crippen LogP contribution in [-0.4, -0.2) is 29.3 Å². The van der Waals surface area contributed by atoms with Gasteiger partial charge < -0.3 is 4.74 Å². The van der Waals surface area contributed by atoms with Gasteiger partial charge in [-0.15, -0.1) is 0 Å². The van der Waals surface area contributed by atoms with E-state index >= 15 is 0 Å². The number of benzene rings is 2. The van der Waals surface area contributed by atoms with Gasteiger partial charge in [0.2, 0.25) is 0 Å². The van der Waals surface area contributed by atoms with E-state index in [1.54, 1.807) is 30.3 Å². The number of nitro benzene ring substituents is 1. The molecule has 0 aliphatic rings. The van der Waals surface area contributed by atoms with Crippen molar-refractivity contribution < 1.29 is 24.0 Å². The Labute approximate surface area is 141 Å². The molecular weight excluding hydrogens is 330 g/mol. The van der Waals surface area contributed by atoms with E-state index in [1.807, 2.05) is 0 Å². The molecule has 128 valence electrons. The fourth-order valence-electron chi connectivity index (χ4n) is 1.79. The number of hydrogen-bond donors (Lipinski definition) is 2. The first-order valence-electron chi connectivity index (χ1n) is 7.03. The summed E-state index contributed by atoms with van der Waals surface area (Å²) < 4.78 is 4.74. The Kier molecular flexibility index (Phi) is 5.77. The standard InChI is InChI=1S/C16H13N3O6/c20-14(17-18-15(21)11-5-2-1-3-6-11)10-25-16(22)12-7-4-8-13(9-12)19(23)24/h1-9H,10H2,(H,17,20)(H,18,21). The first-order chi connectivity index (χ1) is 12.0. The van der Waals surface area contributed by atoms with Crippen LogP contribution in [0.4, 0.5) is 5.69 Å². The molecule has 0 aliphatic heterocycles. The Hall–Kier alpha value is -3.75. The molecule has 25 heavy (non-hydrogen) atoms. The van der Waals surface area contributed by atoms with Crippen molar-refractivity contribution in [2.75, 3.05) is 6.61 Å². The molecule has 0 fully saturated rings. The summed E-state index contributed by atoms with van der Waals surface area (Å²) in [5.41, 5.74) is 4.28. The predicted octanol–water partition coefficient (Wildman–Crippen LogP) is 1.21. The van der Waals surface area contributed by atoms with Gasteiger partial charge in [-0.1, -0.05) is 24.3 Å². The normalized spacial score (nSPS) is 9.76. The third kappa shape index (κ3) is 5.13. The smallest absolute Gasteiger partial charge is 0.338 e. The average molecular weight is 343 g/mol. The van der Waals surface area contributed by atoms with Gasteiger partial charge in [0.1, 0.15) is 0 Å². The van der Waals surface area contributed by atoms with Crippen LogP contribution in [0.2, 0.25) is 0 Å². The second-order valence-electron chi connectivity index (χ2n) is 4.75. The predicted molar refractivity (Wildman–Crippen MR) is 85.4 cm³/mol. The van der Waals surface area contributed by atoms with Crippen molar-refractivity contribution in [3.8, 4) is 0 Å². The lowest BCUT2D eigenvalue weighted by Gasteiger charge is -2.08. The highest BCUT2D eigenvalue weighted by molar-refractivity contribution is 5.96. The van der Waals surface area contributed by atoms with Crippen LogP contribution in [-0.2, 0) is 9.53 Å². The number of non-ortho nitro benzene ring substituents is 1. The van der Waals surface area contributed by atoms with Crippen LogP contribution in [0.5, 0.6) is 0 Å². The summed E-state index contributed by atoms with van der Waals surface area (Å²) in [6.45, 7) is -0.656. The van der Waals surface area contributed by atoms with Crippen LogP contribution in [0.25, 0.3) is 0 Å². The van der Waals surface area contributed by atoms with Crippen LogP contribution in [0.1, 0.15) is 20.7 Å². The van der Waals surface area contributed by atoms with Gasteiger partial charge in [-0.25, -0.2) is 4.79 Å². The Morgan fingerprint density at radius 2 is 1.64 bits per heavy atom. The summed E-state index contributed by atoms with van der Waals surface area (Å²) in [4.78, 5) is 45.1. The van der Waals surface area contributed by atoms with Crippen molar-refractivity contribution in [3.05, 3.63) is 75.8 Å².